The molecule has 0 aliphatic heterocycles. The van der Waals surface area contributed by atoms with Crippen molar-refractivity contribution in [3.63, 3.8) is 0 Å². The summed E-state index contributed by atoms with van der Waals surface area (Å²) in [5.41, 5.74) is 0. The highest BCUT2D eigenvalue weighted by atomic mass is 16.7. The number of rotatable bonds is 9. The molecule has 0 heterocycles. The van der Waals surface area contributed by atoms with E-state index in [0.717, 1.165) is 13.1 Å². The number of nitrogens with zero attached hydrogens (tertiary/aromatic N) is 1. The van der Waals surface area contributed by atoms with E-state index in [2.05, 4.69) is 4.90 Å². The van der Waals surface area contributed by atoms with Crippen LogP contribution in [-0.2, 0) is 9.47 Å². The Labute approximate surface area is 92.2 Å². The molecule has 0 aromatic heterocycles. The topological polar surface area (TPSA) is 41.9 Å². The quantitative estimate of drug-likeness (QED) is 0.581. The maximum Gasteiger partial charge on any atom is 0.170 e. The standard InChI is InChI=1S/C11H23NO3/c1-3-14-11(15-4-2)9-12(7-8-13)10-5-6-10/h10-11,13H,3-9H2,1-2H3. The molecule has 0 aromatic carbocycles. The van der Waals surface area contributed by atoms with Crippen LogP contribution in [0.3, 0.4) is 0 Å². The first-order valence-corrected chi connectivity index (χ1v) is 5.89. The summed E-state index contributed by atoms with van der Waals surface area (Å²) in [6, 6.07) is 0.639. The van der Waals surface area contributed by atoms with E-state index < -0.39 is 0 Å². The Morgan fingerprint density at radius 3 is 2.27 bits per heavy atom. The van der Waals surface area contributed by atoms with Crippen molar-refractivity contribution in [2.24, 2.45) is 0 Å². The highest BCUT2D eigenvalue weighted by Crippen LogP contribution is 2.26. The number of hydrogen-bond acceptors (Lipinski definition) is 4. The van der Waals surface area contributed by atoms with Crippen molar-refractivity contribution in [2.75, 3.05) is 32.9 Å². The van der Waals surface area contributed by atoms with E-state index in [1.807, 2.05) is 13.8 Å². The third-order valence-corrected chi connectivity index (χ3v) is 2.54. The summed E-state index contributed by atoms with van der Waals surface area (Å²) in [7, 11) is 0. The van der Waals surface area contributed by atoms with Crippen LogP contribution in [0.15, 0.2) is 0 Å². The van der Waals surface area contributed by atoms with Gasteiger partial charge in [0.2, 0.25) is 0 Å². The van der Waals surface area contributed by atoms with Crippen molar-refractivity contribution in [2.45, 2.75) is 39.0 Å². The molecule has 1 aliphatic rings. The van der Waals surface area contributed by atoms with Gasteiger partial charge in [-0.25, -0.2) is 0 Å². The van der Waals surface area contributed by atoms with Crippen LogP contribution in [0.4, 0.5) is 0 Å². The van der Waals surface area contributed by atoms with E-state index in [1.54, 1.807) is 0 Å². The minimum atomic E-state index is -0.146. The maximum absolute atomic E-state index is 8.96. The second-order valence-electron chi connectivity index (χ2n) is 3.79. The molecule has 0 aromatic rings. The zero-order chi connectivity index (χ0) is 11.1. The summed E-state index contributed by atoms with van der Waals surface area (Å²) in [5, 5.41) is 8.96. The fraction of sp³-hybridized carbons (Fsp3) is 1.00. The minimum Gasteiger partial charge on any atom is -0.395 e. The van der Waals surface area contributed by atoms with Crippen molar-refractivity contribution in [1.82, 2.24) is 4.90 Å². The van der Waals surface area contributed by atoms with Gasteiger partial charge in [-0.1, -0.05) is 0 Å². The second-order valence-corrected chi connectivity index (χ2v) is 3.79. The van der Waals surface area contributed by atoms with E-state index in [9.17, 15) is 0 Å². The molecule has 0 atom stereocenters. The van der Waals surface area contributed by atoms with Gasteiger partial charge in [0, 0.05) is 32.3 Å². The molecule has 4 nitrogen and oxygen atoms in total. The second kappa shape index (κ2) is 7.17. The summed E-state index contributed by atoms with van der Waals surface area (Å²) in [6.07, 6.45) is 2.34. The van der Waals surface area contributed by atoms with Crippen LogP contribution in [-0.4, -0.2) is 55.2 Å². The van der Waals surface area contributed by atoms with Crippen molar-refractivity contribution < 1.29 is 14.6 Å². The fourth-order valence-corrected chi connectivity index (χ4v) is 1.71. The predicted octanol–water partition coefficient (Wildman–Crippen LogP) is 0.842. The summed E-state index contributed by atoms with van der Waals surface area (Å²) < 4.78 is 11.0. The summed E-state index contributed by atoms with van der Waals surface area (Å²) in [5.74, 6) is 0. The average molecular weight is 217 g/mol. The first kappa shape index (κ1) is 12.9. The van der Waals surface area contributed by atoms with Gasteiger partial charge in [-0.15, -0.1) is 0 Å². The third kappa shape index (κ3) is 4.93. The van der Waals surface area contributed by atoms with E-state index in [-0.39, 0.29) is 12.9 Å². The van der Waals surface area contributed by atoms with Crippen LogP contribution in [0.2, 0.25) is 0 Å². The molecule has 1 N–H and O–H groups in total. The Morgan fingerprint density at radius 2 is 1.87 bits per heavy atom. The average Bonchev–Trinajstić information content (AvgIpc) is 3.01. The van der Waals surface area contributed by atoms with Crippen molar-refractivity contribution in [3.05, 3.63) is 0 Å². The highest BCUT2D eigenvalue weighted by molar-refractivity contribution is 4.84. The van der Waals surface area contributed by atoms with Gasteiger partial charge in [0.1, 0.15) is 0 Å². The monoisotopic (exact) mass is 217 g/mol. The molecule has 0 bridgehead atoms. The first-order chi connectivity index (χ1) is 7.31. The Kier molecular flexibility index (Phi) is 6.17. The molecule has 1 saturated carbocycles. The summed E-state index contributed by atoms with van der Waals surface area (Å²) >= 11 is 0. The van der Waals surface area contributed by atoms with E-state index >= 15 is 0 Å². The number of hydrogen-bond donors (Lipinski definition) is 1. The highest BCUT2D eigenvalue weighted by Gasteiger charge is 2.30. The van der Waals surface area contributed by atoms with Crippen molar-refractivity contribution in [3.8, 4) is 0 Å². The van der Waals surface area contributed by atoms with Gasteiger partial charge in [0.15, 0.2) is 6.29 Å². The molecule has 15 heavy (non-hydrogen) atoms. The number of aliphatic hydroxyl groups excluding tert-OH is 1. The molecule has 4 heteroatoms. The molecular formula is C11H23NO3. The SMILES string of the molecule is CCOC(CN(CCO)C1CC1)OCC. The van der Waals surface area contributed by atoms with Gasteiger partial charge >= 0.3 is 0 Å². The number of aliphatic hydroxyl groups is 1. The van der Waals surface area contributed by atoms with Gasteiger partial charge in [-0.3, -0.25) is 4.90 Å². The Balaban J connectivity index is 2.30. The van der Waals surface area contributed by atoms with E-state index in [1.165, 1.54) is 12.8 Å². The van der Waals surface area contributed by atoms with Crippen LogP contribution < -0.4 is 0 Å². The lowest BCUT2D eigenvalue weighted by Gasteiger charge is -2.26. The van der Waals surface area contributed by atoms with Gasteiger partial charge in [-0.05, 0) is 26.7 Å². The molecule has 1 aliphatic carbocycles. The fourth-order valence-electron chi connectivity index (χ4n) is 1.71. The molecule has 0 saturated heterocycles. The molecule has 0 amide bonds. The Morgan fingerprint density at radius 1 is 1.27 bits per heavy atom. The van der Waals surface area contributed by atoms with Gasteiger partial charge < -0.3 is 14.6 Å². The number of ether oxygens (including phenoxy) is 2. The molecular weight excluding hydrogens is 194 g/mol. The zero-order valence-electron chi connectivity index (χ0n) is 9.82. The molecule has 0 unspecified atom stereocenters. The van der Waals surface area contributed by atoms with E-state index in [0.29, 0.717) is 19.3 Å². The third-order valence-electron chi connectivity index (χ3n) is 2.54. The van der Waals surface area contributed by atoms with Crippen LogP contribution in [0, 0.1) is 0 Å². The predicted molar refractivity (Wildman–Crippen MR) is 58.7 cm³/mol. The zero-order valence-corrected chi connectivity index (χ0v) is 9.82. The van der Waals surface area contributed by atoms with Crippen molar-refractivity contribution in [1.29, 1.82) is 0 Å². The van der Waals surface area contributed by atoms with Gasteiger partial charge in [-0.2, -0.15) is 0 Å². The molecule has 0 radical (unpaired) electrons. The smallest absolute Gasteiger partial charge is 0.170 e. The lowest BCUT2D eigenvalue weighted by molar-refractivity contribution is -0.148. The molecule has 0 spiro atoms. The maximum atomic E-state index is 8.96. The Hall–Kier alpha value is -0.160. The Bertz CT molecular complexity index is 156. The van der Waals surface area contributed by atoms with E-state index in [4.69, 9.17) is 14.6 Å². The normalized spacial score (nSPS) is 16.6. The molecule has 1 rings (SSSR count). The molecule has 1 fully saturated rings. The van der Waals surface area contributed by atoms with Gasteiger partial charge in [0.05, 0.1) is 6.61 Å². The lowest BCUT2D eigenvalue weighted by Crippen LogP contribution is -2.38. The minimum absolute atomic E-state index is 0.146. The van der Waals surface area contributed by atoms with Gasteiger partial charge in [0.25, 0.3) is 0 Å². The first-order valence-electron chi connectivity index (χ1n) is 5.89. The van der Waals surface area contributed by atoms with Crippen LogP contribution in [0.1, 0.15) is 26.7 Å². The van der Waals surface area contributed by atoms with Crippen LogP contribution >= 0.6 is 0 Å². The van der Waals surface area contributed by atoms with Crippen molar-refractivity contribution >= 4 is 0 Å². The summed E-state index contributed by atoms with van der Waals surface area (Å²) in [4.78, 5) is 2.26. The lowest BCUT2D eigenvalue weighted by atomic mass is 10.4. The van der Waals surface area contributed by atoms with Crippen LogP contribution in [0.25, 0.3) is 0 Å². The summed E-state index contributed by atoms with van der Waals surface area (Å²) in [6.45, 7) is 6.99. The largest absolute Gasteiger partial charge is 0.395 e. The van der Waals surface area contributed by atoms with Crippen LogP contribution in [0.5, 0.6) is 0 Å². The molecule has 90 valence electrons.